The Labute approximate surface area is 178 Å². The first kappa shape index (κ1) is 20.6. The number of hydrogen-bond acceptors (Lipinski definition) is 4. The summed E-state index contributed by atoms with van der Waals surface area (Å²) in [7, 11) is 0. The topological polar surface area (TPSA) is 69.7 Å². The maximum atomic E-state index is 12.9. The number of nitrogens with one attached hydrogen (secondary N) is 1. The average Bonchev–Trinajstić information content (AvgIpc) is 3.07. The van der Waals surface area contributed by atoms with Gasteiger partial charge in [-0.2, -0.15) is 0 Å². The highest BCUT2D eigenvalue weighted by molar-refractivity contribution is 6.30. The molecule has 4 rings (SSSR count). The van der Waals surface area contributed by atoms with Crippen LogP contribution in [-0.4, -0.2) is 42.3 Å². The normalized spacial score (nSPS) is 21.2. The summed E-state index contributed by atoms with van der Waals surface area (Å²) in [6.45, 7) is 4.54. The molecular weight excluding hydrogens is 378 g/mol. The van der Waals surface area contributed by atoms with Gasteiger partial charge in [-0.05, 0) is 61.8 Å². The van der Waals surface area contributed by atoms with Gasteiger partial charge in [-0.1, -0.05) is 26.2 Å². The molecule has 0 bridgehead atoms. The second-order valence-corrected chi connectivity index (χ2v) is 8.94. The standard InChI is InChI=1S/C24H31N3O3/c1-17-11-13-26(14-12-17)21-15-22(28)27(24(21)30)20-9-7-19(8-10-20)23(29)25-16-18-5-3-2-4-6-18/h7-10,15,17-18H,2-6,11-14,16H2,1H3,(H,25,29). The van der Waals surface area contributed by atoms with Gasteiger partial charge in [0, 0.05) is 31.3 Å². The van der Waals surface area contributed by atoms with E-state index in [0.29, 0.717) is 35.3 Å². The number of benzene rings is 1. The lowest BCUT2D eigenvalue weighted by molar-refractivity contribution is -0.121. The number of piperidine rings is 1. The lowest BCUT2D eigenvalue weighted by Gasteiger charge is -2.32. The number of anilines is 1. The zero-order chi connectivity index (χ0) is 21.1. The number of carbonyl (C=O) groups excluding carboxylic acids is 3. The first-order valence-corrected chi connectivity index (χ1v) is 11.3. The number of nitrogens with zero attached hydrogens (tertiary/aromatic N) is 2. The summed E-state index contributed by atoms with van der Waals surface area (Å²) in [6.07, 6.45) is 9.68. The molecule has 2 fully saturated rings. The van der Waals surface area contributed by atoms with Gasteiger partial charge in [-0.15, -0.1) is 0 Å². The van der Waals surface area contributed by atoms with E-state index in [9.17, 15) is 14.4 Å². The van der Waals surface area contributed by atoms with Crippen molar-refractivity contribution in [2.45, 2.75) is 51.9 Å². The summed E-state index contributed by atoms with van der Waals surface area (Å²) in [6, 6.07) is 6.74. The molecule has 0 aromatic heterocycles. The zero-order valence-electron chi connectivity index (χ0n) is 17.7. The Bertz CT molecular complexity index is 832. The summed E-state index contributed by atoms with van der Waals surface area (Å²) < 4.78 is 0. The molecule has 0 spiro atoms. The molecule has 1 aromatic rings. The van der Waals surface area contributed by atoms with E-state index in [4.69, 9.17) is 0 Å². The molecule has 1 saturated carbocycles. The number of hydrogen-bond donors (Lipinski definition) is 1. The van der Waals surface area contributed by atoms with Crippen molar-refractivity contribution in [3.05, 3.63) is 41.6 Å². The highest BCUT2D eigenvalue weighted by Crippen LogP contribution is 2.28. The lowest BCUT2D eigenvalue weighted by Crippen LogP contribution is -2.38. The third-order valence-corrected chi connectivity index (χ3v) is 6.69. The van der Waals surface area contributed by atoms with Crippen LogP contribution in [0.3, 0.4) is 0 Å². The van der Waals surface area contributed by atoms with E-state index in [2.05, 4.69) is 12.2 Å². The molecule has 0 atom stereocenters. The molecule has 1 N–H and O–H groups in total. The Hall–Kier alpha value is -2.63. The van der Waals surface area contributed by atoms with E-state index in [1.54, 1.807) is 24.3 Å². The van der Waals surface area contributed by atoms with E-state index in [1.807, 2.05) is 4.90 Å². The number of carbonyl (C=O) groups is 3. The maximum Gasteiger partial charge on any atom is 0.281 e. The molecule has 160 valence electrons. The Morgan fingerprint density at radius 1 is 1.00 bits per heavy atom. The Morgan fingerprint density at radius 3 is 2.33 bits per heavy atom. The minimum atomic E-state index is -0.317. The fourth-order valence-electron chi connectivity index (χ4n) is 4.67. The van der Waals surface area contributed by atoms with Crippen molar-refractivity contribution < 1.29 is 14.4 Å². The molecule has 6 nitrogen and oxygen atoms in total. The zero-order valence-corrected chi connectivity index (χ0v) is 17.7. The molecule has 3 amide bonds. The van der Waals surface area contributed by atoms with Crippen LogP contribution in [0.2, 0.25) is 0 Å². The van der Waals surface area contributed by atoms with Crippen LogP contribution in [0.15, 0.2) is 36.0 Å². The Morgan fingerprint density at radius 2 is 1.67 bits per heavy atom. The Balaban J connectivity index is 1.37. The summed E-state index contributed by atoms with van der Waals surface area (Å²) in [5.74, 6) is 0.533. The second-order valence-electron chi connectivity index (χ2n) is 8.94. The number of likely N-dealkylation sites (tertiary alicyclic amines) is 1. The summed E-state index contributed by atoms with van der Waals surface area (Å²) in [5, 5.41) is 3.03. The van der Waals surface area contributed by atoms with Gasteiger partial charge in [-0.25, -0.2) is 4.90 Å². The molecule has 0 unspecified atom stereocenters. The largest absolute Gasteiger partial charge is 0.367 e. The lowest BCUT2D eigenvalue weighted by atomic mass is 9.89. The van der Waals surface area contributed by atoms with Crippen molar-refractivity contribution in [1.29, 1.82) is 0 Å². The Kier molecular flexibility index (Phi) is 6.21. The number of rotatable bonds is 5. The minimum Gasteiger partial charge on any atom is -0.367 e. The van der Waals surface area contributed by atoms with Crippen LogP contribution < -0.4 is 10.2 Å². The molecule has 6 heteroatoms. The average molecular weight is 410 g/mol. The van der Waals surface area contributed by atoms with Gasteiger partial charge in [0.05, 0.1) is 5.69 Å². The van der Waals surface area contributed by atoms with E-state index >= 15 is 0 Å². The van der Waals surface area contributed by atoms with E-state index in [-0.39, 0.29) is 17.7 Å². The van der Waals surface area contributed by atoms with Gasteiger partial charge in [-0.3, -0.25) is 14.4 Å². The molecule has 1 aromatic carbocycles. The van der Waals surface area contributed by atoms with Crippen LogP contribution in [0.1, 0.15) is 62.2 Å². The molecule has 30 heavy (non-hydrogen) atoms. The SMILES string of the molecule is CC1CCN(C2=CC(=O)N(c3ccc(C(=O)NCC4CCCCC4)cc3)C2=O)CC1. The molecule has 0 radical (unpaired) electrons. The monoisotopic (exact) mass is 409 g/mol. The first-order chi connectivity index (χ1) is 14.5. The van der Waals surface area contributed by atoms with Crippen LogP contribution in [0.5, 0.6) is 0 Å². The van der Waals surface area contributed by atoms with Crippen LogP contribution in [0.25, 0.3) is 0 Å². The molecule has 1 aliphatic carbocycles. The van der Waals surface area contributed by atoms with E-state index in [1.165, 1.54) is 43.1 Å². The van der Waals surface area contributed by atoms with Gasteiger partial charge in [0.1, 0.15) is 5.70 Å². The quantitative estimate of drug-likeness (QED) is 0.756. The molecule has 2 aliphatic heterocycles. The molecule has 1 saturated heterocycles. The molecular formula is C24H31N3O3. The van der Waals surface area contributed by atoms with Crippen LogP contribution in [0.4, 0.5) is 5.69 Å². The summed E-state index contributed by atoms with van der Waals surface area (Å²) >= 11 is 0. The minimum absolute atomic E-state index is 0.104. The third kappa shape index (κ3) is 4.42. The van der Waals surface area contributed by atoms with E-state index < -0.39 is 0 Å². The van der Waals surface area contributed by atoms with Crippen molar-refractivity contribution in [2.75, 3.05) is 24.5 Å². The fraction of sp³-hybridized carbons (Fsp3) is 0.542. The highest BCUT2D eigenvalue weighted by Gasteiger charge is 2.36. The number of amides is 3. The predicted octanol–water partition coefficient (Wildman–Crippen LogP) is 3.49. The van der Waals surface area contributed by atoms with Crippen molar-refractivity contribution >= 4 is 23.4 Å². The first-order valence-electron chi connectivity index (χ1n) is 11.3. The third-order valence-electron chi connectivity index (χ3n) is 6.69. The highest BCUT2D eigenvalue weighted by atomic mass is 16.2. The van der Waals surface area contributed by atoms with Gasteiger partial charge in [0.2, 0.25) is 0 Å². The summed E-state index contributed by atoms with van der Waals surface area (Å²) in [4.78, 5) is 41.1. The summed E-state index contributed by atoms with van der Waals surface area (Å²) in [5.41, 5.74) is 1.54. The van der Waals surface area contributed by atoms with Gasteiger partial charge in [0.25, 0.3) is 17.7 Å². The van der Waals surface area contributed by atoms with Crippen molar-refractivity contribution in [2.24, 2.45) is 11.8 Å². The smallest absolute Gasteiger partial charge is 0.281 e. The van der Waals surface area contributed by atoms with Gasteiger partial charge >= 0.3 is 0 Å². The second kappa shape index (κ2) is 9.02. The van der Waals surface area contributed by atoms with Crippen molar-refractivity contribution in [3.63, 3.8) is 0 Å². The predicted molar refractivity (Wildman–Crippen MR) is 116 cm³/mol. The maximum absolute atomic E-state index is 12.9. The molecule has 3 aliphatic rings. The number of imide groups is 1. The van der Waals surface area contributed by atoms with E-state index in [0.717, 1.165) is 25.9 Å². The van der Waals surface area contributed by atoms with Crippen molar-refractivity contribution in [3.8, 4) is 0 Å². The van der Waals surface area contributed by atoms with Crippen LogP contribution in [-0.2, 0) is 9.59 Å². The fourth-order valence-corrected chi connectivity index (χ4v) is 4.67. The van der Waals surface area contributed by atoms with Crippen LogP contribution in [0, 0.1) is 11.8 Å². The van der Waals surface area contributed by atoms with Crippen LogP contribution >= 0.6 is 0 Å². The van der Waals surface area contributed by atoms with Crippen molar-refractivity contribution in [1.82, 2.24) is 10.2 Å². The van der Waals surface area contributed by atoms with Gasteiger partial charge in [0.15, 0.2) is 0 Å². The van der Waals surface area contributed by atoms with Gasteiger partial charge < -0.3 is 10.2 Å². The molecule has 2 heterocycles.